The lowest BCUT2D eigenvalue weighted by Gasteiger charge is -2.08. The van der Waals surface area contributed by atoms with E-state index in [4.69, 9.17) is 5.26 Å². The lowest BCUT2D eigenvalue weighted by atomic mass is 10.2. The number of hydrogen-bond acceptors (Lipinski definition) is 3. The highest BCUT2D eigenvalue weighted by atomic mass is 79.9. The highest BCUT2D eigenvalue weighted by Gasteiger charge is 2.07. The molecule has 90 valence electrons. The molecule has 1 aromatic carbocycles. The van der Waals surface area contributed by atoms with Crippen molar-refractivity contribution < 1.29 is 4.79 Å². The number of rotatable bonds is 4. The molecule has 0 aliphatic carbocycles. The summed E-state index contributed by atoms with van der Waals surface area (Å²) in [5.41, 5.74) is 0.585. The third-order valence-corrected chi connectivity index (χ3v) is 3.44. The lowest BCUT2D eigenvalue weighted by molar-refractivity contribution is -0.119. The van der Waals surface area contributed by atoms with E-state index in [1.807, 2.05) is 26.0 Å². The Balaban J connectivity index is 2.64. The molecule has 0 spiro atoms. The maximum atomic E-state index is 11.5. The minimum atomic E-state index is -0.0168. The van der Waals surface area contributed by atoms with Crippen LogP contribution in [0.1, 0.15) is 19.4 Å². The zero-order chi connectivity index (χ0) is 12.8. The second kappa shape index (κ2) is 6.67. The van der Waals surface area contributed by atoms with Gasteiger partial charge in [-0.3, -0.25) is 4.79 Å². The molecule has 0 unspecified atom stereocenters. The molecule has 0 aliphatic heterocycles. The number of nitrogens with one attached hydrogen (secondary N) is 1. The van der Waals surface area contributed by atoms with Crippen molar-refractivity contribution in [3.63, 3.8) is 0 Å². The number of nitriles is 1. The van der Waals surface area contributed by atoms with Crippen LogP contribution in [0.15, 0.2) is 27.6 Å². The van der Waals surface area contributed by atoms with Gasteiger partial charge in [0.05, 0.1) is 11.3 Å². The molecule has 5 heteroatoms. The summed E-state index contributed by atoms with van der Waals surface area (Å²) < 4.78 is 0.866. The number of carbonyl (C=O) groups is 1. The van der Waals surface area contributed by atoms with Crippen molar-refractivity contribution in [3.05, 3.63) is 28.2 Å². The Hall–Kier alpha value is -0.990. The van der Waals surface area contributed by atoms with Crippen LogP contribution >= 0.6 is 27.7 Å². The van der Waals surface area contributed by atoms with E-state index in [1.165, 1.54) is 11.8 Å². The van der Waals surface area contributed by atoms with Crippen molar-refractivity contribution in [2.45, 2.75) is 24.8 Å². The molecule has 1 N–H and O–H groups in total. The summed E-state index contributed by atoms with van der Waals surface area (Å²) in [6, 6.07) is 7.72. The fraction of sp³-hybridized carbons (Fsp3) is 0.333. The smallest absolute Gasteiger partial charge is 0.230 e. The molecule has 0 saturated carbocycles. The quantitative estimate of drug-likeness (QED) is 0.870. The zero-order valence-corrected chi connectivity index (χ0v) is 12.1. The largest absolute Gasteiger partial charge is 0.353 e. The van der Waals surface area contributed by atoms with Gasteiger partial charge in [-0.1, -0.05) is 15.9 Å². The minimum absolute atomic E-state index is 0.0168. The van der Waals surface area contributed by atoms with Crippen molar-refractivity contribution in [1.29, 1.82) is 5.26 Å². The van der Waals surface area contributed by atoms with Gasteiger partial charge in [0.1, 0.15) is 6.07 Å². The average Bonchev–Trinajstić information content (AvgIpc) is 2.26. The fourth-order valence-electron chi connectivity index (χ4n) is 1.22. The van der Waals surface area contributed by atoms with Crippen LogP contribution in [0.25, 0.3) is 0 Å². The van der Waals surface area contributed by atoms with Gasteiger partial charge >= 0.3 is 0 Å². The first-order valence-corrected chi connectivity index (χ1v) is 6.92. The molecule has 0 saturated heterocycles. The normalized spacial score (nSPS) is 10.1. The summed E-state index contributed by atoms with van der Waals surface area (Å²) >= 11 is 4.69. The van der Waals surface area contributed by atoms with Crippen molar-refractivity contribution in [2.24, 2.45) is 0 Å². The molecule has 1 aromatic rings. The molecule has 0 bridgehead atoms. The Morgan fingerprint density at radius 1 is 1.59 bits per heavy atom. The third-order valence-electron chi connectivity index (χ3n) is 1.87. The number of amides is 1. The van der Waals surface area contributed by atoms with E-state index in [9.17, 15) is 4.79 Å². The van der Waals surface area contributed by atoms with Crippen LogP contribution < -0.4 is 5.32 Å². The van der Waals surface area contributed by atoms with Gasteiger partial charge in [0, 0.05) is 15.4 Å². The fourth-order valence-corrected chi connectivity index (χ4v) is 2.38. The Labute approximate surface area is 114 Å². The summed E-state index contributed by atoms with van der Waals surface area (Å²) in [5.74, 6) is 0.311. The number of thioether (sulfide) groups is 1. The minimum Gasteiger partial charge on any atom is -0.353 e. The van der Waals surface area contributed by atoms with Crippen molar-refractivity contribution >= 4 is 33.6 Å². The van der Waals surface area contributed by atoms with Gasteiger partial charge in [-0.15, -0.1) is 11.8 Å². The Kier molecular flexibility index (Phi) is 5.52. The van der Waals surface area contributed by atoms with Crippen LogP contribution in [0.5, 0.6) is 0 Å². The van der Waals surface area contributed by atoms with Crippen LogP contribution in [0.4, 0.5) is 0 Å². The van der Waals surface area contributed by atoms with Gasteiger partial charge in [-0.05, 0) is 32.0 Å². The van der Waals surface area contributed by atoms with Crippen molar-refractivity contribution in [3.8, 4) is 6.07 Å². The number of halogens is 1. The number of carbonyl (C=O) groups excluding carboxylic acids is 1. The van der Waals surface area contributed by atoms with E-state index in [-0.39, 0.29) is 11.9 Å². The molecule has 0 heterocycles. The lowest BCUT2D eigenvalue weighted by Crippen LogP contribution is -2.31. The van der Waals surface area contributed by atoms with Crippen molar-refractivity contribution in [1.82, 2.24) is 5.32 Å². The van der Waals surface area contributed by atoms with Crippen LogP contribution in [-0.4, -0.2) is 17.7 Å². The highest BCUT2D eigenvalue weighted by molar-refractivity contribution is 9.10. The second-order valence-electron chi connectivity index (χ2n) is 3.76. The summed E-state index contributed by atoms with van der Waals surface area (Å²) in [6.07, 6.45) is 0. The molecule has 1 amide bonds. The van der Waals surface area contributed by atoms with E-state index in [0.29, 0.717) is 11.3 Å². The monoisotopic (exact) mass is 312 g/mol. The van der Waals surface area contributed by atoms with Crippen LogP contribution in [0.2, 0.25) is 0 Å². The van der Waals surface area contributed by atoms with Crippen LogP contribution in [-0.2, 0) is 4.79 Å². The highest BCUT2D eigenvalue weighted by Crippen LogP contribution is 2.25. The maximum Gasteiger partial charge on any atom is 0.230 e. The Bertz CT molecular complexity index is 454. The van der Waals surface area contributed by atoms with Crippen LogP contribution in [0.3, 0.4) is 0 Å². The number of nitrogens with zero attached hydrogens (tertiary/aromatic N) is 1. The van der Waals surface area contributed by atoms with Gasteiger partial charge in [0.15, 0.2) is 0 Å². The summed E-state index contributed by atoms with van der Waals surface area (Å²) in [6.45, 7) is 3.84. The van der Waals surface area contributed by atoms with Crippen LogP contribution in [0, 0.1) is 11.3 Å². The molecule has 0 aromatic heterocycles. The molecule has 0 aliphatic rings. The number of benzene rings is 1. The van der Waals surface area contributed by atoms with Gasteiger partial charge < -0.3 is 5.32 Å². The van der Waals surface area contributed by atoms with Gasteiger partial charge in [-0.2, -0.15) is 5.26 Å². The van der Waals surface area contributed by atoms with E-state index < -0.39 is 0 Å². The maximum absolute atomic E-state index is 11.5. The van der Waals surface area contributed by atoms with Gasteiger partial charge in [0.2, 0.25) is 5.91 Å². The molecular weight excluding hydrogens is 300 g/mol. The first-order chi connectivity index (χ1) is 8.02. The van der Waals surface area contributed by atoms with Gasteiger partial charge in [0.25, 0.3) is 0 Å². The summed E-state index contributed by atoms with van der Waals surface area (Å²) in [4.78, 5) is 12.3. The molecule has 3 nitrogen and oxygen atoms in total. The average molecular weight is 313 g/mol. The standard InChI is InChI=1S/C12H13BrN2OS/c1-8(2)15-12(16)7-17-11-4-3-10(13)5-9(11)6-14/h3-5,8H,7H2,1-2H3,(H,15,16). The first kappa shape index (κ1) is 14.1. The van der Waals surface area contributed by atoms with E-state index in [1.54, 1.807) is 6.07 Å². The predicted molar refractivity (Wildman–Crippen MR) is 72.9 cm³/mol. The zero-order valence-electron chi connectivity index (χ0n) is 9.66. The molecule has 1 rings (SSSR count). The van der Waals surface area contributed by atoms with E-state index >= 15 is 0 Å². The Morgan fingerprint density at radius 2 is 2.29 bits per heavy atom. The topological polar surface area (TPSA) is 52.9 Å². The molecule has 0 atom stereocenters. The first-order valence-electron chi connectivity index (χ1n) is 5.14. The second-order valence-corrected chi connectivity index (χ2v) is 5.70. The third kappa shape index (κ3) is 4.80. The molecular formula is C12H13BrN2OS. The molecule has 0 fully saturated rings. The van der Waals surface area contributed by atoms with Crippen molar-refractivity contribution in [2.75, 3.05) is 5.75 Å². The Morgan fingerprint density at radius 3 is 2.88 bits per heavy atom. The summed E-state index contributed by atoms with van der Waals surface area (Å²) in [5, 5.41) is 11.8. The predicted octanol–water partition coefficient (Wildman–Crippen LogP) is 2.94. The van der Waals surface area contributed by atoms with Gasteiger partial charge in [-0.25, -0.2) is 0 Å². The molecule has 0 radical (unpaired) electrons. The molecule has 17 heavy (non-hydrogen) atoms. The summed E-state index contributed by atoms with van der Waals surface area (Å²) in [7, 11) is 0. The number of hydrogen-bond donors (Lipinski definition) is 1. The van der Waals surface area contributed by atoms with E-state index in [0.717, 1.165) is 9.37 Å². The SMILES string of the molecule is CC(C)NC(=O)CSc1ccc(Br)cc1C#N. The van der Waals surface area contributed by atoms with E-state index in [2.05, 4.69) is 27.3 Å².